The van der Waals surface area contributed by atoms with E-state index in [9.17, 15) is 28.2 Å². The van der Waals surface area contributed by atoms with E-state index in [1.165, 1.54) is 6.92 Å². The fraction of sp³-hybridized carbons (Fsp3) is 0.143. The first-order valence-corrected chi connectivity index (χ1v) is 5.08. The van der Waals surface area contributed by atoms with Crippen LogP contribution in [0.1, 0.15) is 5.56 Å². The molecule has 0 spiro atoms. The molecule has 82 valence electrons. The summed E-state index contributed by atoms with van der Waals surface area (Å²) in [5, 5.41) is 19.6. The van der Waals surface area contributed by atoms with Crippen molar-refractivity contribution in [1.82, 2.24) is 0 Å². The Hall–Kier alpha value is -0.0336. The Morgan fingerprint density at radius 2 is 1.88 bits per heavy atom. The normalized spacial score (nSPS) is 10.6. The molecular weight excluding hydrogens is 265 g/mol. The van der Waals surface area contributed by atoms with Crippen LogP contribution >= 0.6 is 0 Å². The molecule has 7 nitrogen and oxygen atoms in total. The number of aryl methyl sites for hydroxylation is 1. The summed E-state index contributed by atoms with van der Waals surface area (Å²) in [6, 6.07) is 1.86. The molecule has 0 bridgehead atoms. The van der Waals surface area contributed by atoms with Crippen molar-refractivity contribution >= 4 is 15.8 Å². The first-order chi connectivity index (χ1) is 6.73. The van der Waals surface area contributed by atoms with E-state index in [4.69, 9.17) is 0 Å². The summed E-state index contributed by atoms with van der Waals surface area (Å²) < 4.78 is 31.9. The molecule has 0 atom stereocenters. The van der Waals surface area contributed by atoms with Gasteiger partial charge in [0.15, 0.2) is 0 Å². The average molecular weight is 271 g/mol. The minimum Gasteiger partial charge on any atom is -0.744 e. The van der Waals surface area contributed by atoms with Crippen LogP contribution in [0.4, 0.5) is 5.69 Å². The van der Waals surface area contributed by atoms with Crippen LogP contribution in [-0.2, 0) is 10.1 Å². The van der Waals surface area contributed by atoms with E-state index in [2.05, 4.69) is 0 Å². The van der Waals surface area contributed by atoms with E-state index in [1.807, 2.05) is 0 Å². The van der Waals surface area contributed by atoms with Gasteiger partial charge in [0, 0.05) is 6.07 Å². The smallest absolute Gasteiger partial charge is 0.744 e. The Morgan fingerprint density at radius 3 is 2.25 bits per heavy atom. The number of nitrogens with zero attached hydrogens (tertiary/aromatic N) is 1. The van der Waals surface area contributed by atoms with Gasteiger partial charge < -0.3 is 9.66 Å². The first kappa shape index (κ1) is 16.0. The Bertz CT molecular complexity index is 526. The van der Waals surface area contributed by atoms with Crippen molar-refractivity contribution in [3.8, 4) is 5.75 Å². The van der Waals surface area contributed by atoms with E-state index in [-0.39, 0.29) is 56.9 Å². The maximum Gasteiger partial charge on any atom is 1.00 e. The second-order valence-electron chi connectivity index (χ2n) is 2.84. The molecule has 1 aromatic carbocycles. The van der Waals surface area contributed by atoms with Crippen molar-refractivity contribution in [3.05, 3.63) is 27.8 Å². The van der Waals surface area contributed by atoms with E-state index in [0.29, 0.717) is 0 Å². The second kappa shape index (κ2) is 5.53. The van der Waals surface area contributed by atoms with Crippen LogP contribution in [0, 0.1) is 17.0 Å². The number of hydrogen-bond donors (Lipinski definition) is 1. The molecule has 0 aliphatic heterocycles. The minimum atomic E-state index is -4.92. The van der Waals surface area contributed by atoms with Crippen LogP contribution in [0.2, 0.25) is 0 Å². The van der Waals surface area contributed by atoms with Crippen LogP contribution in [-0.4, -0.2) is 23.0 Å². The minimum absolute atomic E-state index is 0. The number of rotatable bonds is 2. The fourth-order valence-corrected chi connectivity index (χ4v) is 1.73. The van der Waals surface area contributed by atoms with Gasteiger partial charge in [0.05, 0.1) is 4.92 Å². The van der Waals surface area contributed by atoms with Gasteiger partial charge in [0.1, 0.15) is 15.0 Å². The van der Waals surface area contributed by atoms with Crippen LogP contribution in [0.5, 0.6) is 5.75 Å². The van der Waals surface area contributed by atoms with Gasteiger partial charge in [0.25, 0.3) is 0 Å². The van der Waals surface area contributed by atoms with E-state index in [0.717, 1.165) is 12.1 Å². The third kappa shape index (κ3) is 3.48. The van der Waals surface area contributed by atoms with Crippen molar-refractivity contribution in [2.45, 2.75) is 11.8 Å². The van der Waals surface area contributed by atoms with Crippen LogP contribution in [0.15, 0.2) is 17.0 Å². The van der Waals surface area contributed by atoms with Gasteiger partial charge >= 0.3 is 57.1 Å². The van der Waals surface area contributed by atoms with Crippen molar-refractivity contribution in [3.63, 3.8) is 0 Å². The molecule has 1 aromatic rings. The molecule has 0 aliphatic carbocycles. The summed E-state index contributed by atoms with van der Waals surface area (Å²) in [7, 11) is -4.92. The molecule has 0 saturated heterocycles. The van der Waals surface area contributed by atoms with Crippen molar-refractivity contribution < 1.29 is 74.4 Å². The fourth-order valence-electron chi connectivity index (χ4n) is 1.06. The number of phenols is 1. The first-order valence-electron chi connectivity index (χ1n) is 3.67. The van der Waals surface area contributed by atoms with Crippen LogP contribution in [0.25, 0.3) is 0 Å². The molecule has 0 aromatic heterocycles. The molecule has 0 aliphatic rings. The number of benzene rings is 1. The Kier molecular flexibility index (Phi) is 5.52. The van der Waals surface area contributed by atoms with Gasteiger partial charge in [-0.15, -0.1) is 0 Å². The summed E-state index contributed by atoms with van der Waals surface area (Å²) >= 11 is 0. The summed E-state index contributed by atoms with van der Waals surface area (Å²) in [6.07, 6.45) is 0. The molecule has 0 saturated carbocycles. The number of aromatic hydroxyl groups is 1. The zero-order valence-corrected chi connectivity index (χ0v) is 12.4. The molecule has 0 fully saturated rings. The number of phenolic OH excluding ortho intramolecular Hbond substituents is 1. The quantitative estimate of drug-likeness (QED) is 0.275. The molecular formula is C7H6KNO6S. The summed E-state index contributed by atoms with van der Waals surface area (Å²) in [4.78, 5) is 8.46. The second-order valence-corrected chi connectivity index (χ2v) is 4.19. The Morgan fingerprint density at radius 1 is 1.38 bits per heavy atom. The third-order valence-electron chi connectivity index (χ3n) is 1.67. The maximum absolute atomic E-state index is 10.6. The molecule has 0 amide bonds. The van der Waals surface area contributed by atoms with Crippen molar-refractivity contribution in [2.75, 3.05) is 0 Å². The number of hydrogen-bond acceptors (Lipinski definition) is 6. The molecule has 1 N–H and O–H groups in total. The largest absolute Gasteiger partial charge is 1.00 e. The SMILES string of the molecule is Cc1cc([N+](=O)[O-])c(O)c(S(=O)(=O)[O-])c1.[K+]. The predicted molar refractivity (Wildman–Crippen MR) is 47.5 cm³/mol. The summed E-state index contributed by atoms with van der Waals surface area (Å²) in [5.74, 6) is -1.12. The molecule has 0 unspecified atom stereocenters. The Labute approximate surface area is 134 Å². The standard InChI is InChI=1S/C7H7NO6S.K/c1-4-2-5(8(10)11)7(9)6(3-4)15(12,13)14;/h2-3,9H,1H3,(H,12,13,14);/q;+1/p-1. The van der Waals surface area contributed by atoms with Gasteiger partial charge in [-0.05, 0) is 18.6 Å². The zero-order valence-electron chi connectivity index (χ0n) is 8.50. The molecule has 9 heteroatoms. The molecule has 0 radical (unpaired) electrons. The van der Waals surface area contributed by atoms with Gasteiger partial charge in [-0.3, -0.25) is 10.1 Å². The topological polar surface area (TPSA) is 121 Å². The Balaban J connectivity index is 0.00000225. The molecule has 16 heavy (non-hydrogen) atoms. The molecule has 0 heterocycles. The number of nitro benzene ring substituents is 1. The van der Waals surface area contributed by atoms with Crippen molar-refractivity contribution in [1.29, 1.82) is 0 Å². The van der Waals surface area contributed by atoms with E-state index in [1.54, 1.807) is 0 Å². The number of nitro groups is 1. The van der Waals surface area contributed by atoms with Gasteiger partial charge in [-0.2, -0.15) is 0 Å². The predicted octanol–water partition coefficient (Wildman–Crippen LogP) is -2.48. The third-order valence-corrected chi connectivity index (χ3v) is 2.52. The zero-order chi connectivity index (χ0) is 11.8. The summed E-state index contributed by atoms with van der Waals surface area (Å²) in [6.45, 7) is 1.38. The van der Waals surface area contributed by atoms with E-state index < -0.39 is 31.4 Å². The molecule has 1 rings (SSSR count). The van der Waals surface area contributed by atoms with Crippen molar-refractivity contribution in [2.24, 2.45) is 0 Å². The summed E-state index contributed by atoms with van der Waals surface area (Å²) in [5.41, 5.74) is -0.599. The van der Waals surface area contributed by atoms with Gasteiger partial charge in [-0.25, -0.2) is 8.42 Å². The average Bonchev–Trinajstić information content (AvgIpc) is 2.06. The monoisotopic (exact) mass is 271 g/mol. The van der Waals surface area contributed by atoms with Crippen LogP contribution in [0.3, 0.4) is 0 Å². The maximum atomic E-state index is 10.6. The van der Waals surface area contributed by atoms with Gasteiger partial charge in [-0.1, -0.05) is 0 Å². The van der Waals surface area contributed by atoms with E-state index >= 15 is 0 Å². The van der Waals surface area contributed by atoms with Crippen LogP contribution < -0.4 is 51.4 Å². The van der Waals surface area contributed by atoms with Gasteiger partial charge in [0.2, 0.25) is 5.75 Å².